The van der Waals surface area contributed by atoms with Gasteiger partial charge in [0.25, 0.3) is 0 Å². The molecule has 1 aliphatic heterocycles. The summed E-state index contributed by atoms with van der Waals surface area (Å²) >= 11 is 12.3. The zero-order chi connectivity index (χ0) is 18.8. The Kier molecular flexibility index (Phi) is 5.39. The van der Waals surface area contributed by atoms with Crippen molar-refractivity contribution in [3.8, 4) is 5.69 Å². The molecule has 27 heavy (non-hydrogen) atoms. The third kappa shape index (κ3) is 4.13. The third-order valence-electron chi connectivity index (χ3n) is 5.00. The van der Waals surface area contributed by atoms with Crippen LogP contribution in [0.2, 0.25) is 10.0 Å². The van der Waals surface area contributed by atoms with Crippen molar-refractivity contribution in [2.45, 2.75) is 13.5 Å². The fourth-order valence-corrected chi connectivity index (χ4v) is 3.90. The molecule has 6 heteroatoms. The van der Waals surface area contributed by atoms with Crippen molar-refractivity contribution < 1.29 is 0 Å². The number of benzene rings is 2. The summed E-state index contributed by atoms with van der Waals surface area (Å²) in [6.07, 6.45) is 3.90. The van der Waals surface area contributed by atoms with E-state index in [1.807, 2.05) is 30.6 Å². The number of aryl methyl sites for hydroxylation is 1. The summed E-state index contributed by atoms with van der Waals surface area (Å²) in [4.78, 5) is 9.37. The summed E-state index contributed by atoms with van der Waals surface area (Å²) in [6.45, 7) is 6.77. The lowest BCUT2D eigenvalue weighted by atomic mass is 10.2. The van der Waals surface area contributed by atoms with Gasteiger partial charge in [-0.05, 0) is 36.8 Å². The van der Waals surface area contributed by atoms with Crippen molar-refractivity contribution in [3.63, 3.8) is 0 Å². The van der Waals surface area contributed by atoms with E-state index in [1.54, 1.807) is 0 Å². The minimum absolute atomic E-state index is 0.677. The zero-order valence-electron chi connectivity index (χ0n) is 15.3. The van der Waals surface area contributed by atoms with Crippen molar-refractivity contribution >= 4 is 29.2 Å². The summed E-state index contributed by atoms with van der Waals surface area (Å²) < 4.78 is 2.16. The van der Waals surface area contributed by atoms with Crippen molar-refractivity contribution in [2.24, 2.45) is 0 Å². The van der Waals surface area contributed by atoms with Gasteiger partial charge in [0.2, 0.25) is 5.95 Å². The van der Waals surface area contributed by atoms with Gasteiger partial charge in [0.15, 0.2) is 0 Å². The largest absolute Gasteiger partial charge is 0.339 e. The van der Waals surface area contributed by atoms with E-state index in [0.29, 0.717) is 5.02 Å². The number of rotatable bonds is 4. The highest BCUT2D eigenvalue weighted by Gasteiger charge is 2.21. The van der Waals surface area contributed by atoms with E-state index >= 15 is 0 Å². The molecule has 1 aliphatic rings. The molecular weight excluding hydrogens is 379 g/mol. The molecule has 0 spiro atoms. The van der Waals surface area contributed by atoms with Gasteiger partial charge in [-0.25, -0.2) is 4.98 Å². The Morgan fingerprint density at radius 2 is 1.70 bits per heavy atom. The van der Waals surface area contributed by atoms with Gasteiger partial charge in [0.1, 0.15) is 0 Å². The van der Waals surface area contributed by atoms with E-state index in [-0.39, 0.29) is 0 Å². The summed E-state index contributed by atoms with van der Waals surface area (Å²) in [5, 5.41) is 1.41. The Morgan fingerprint density at radius 1 is 0.963 bits per heavy atom. The van der Waals surface area contributed by atoms with Crippen LogP contribution in [0.5, 0.6) is 0 Å². The third-order valence-corrected chi connectivity index (χ3v) is 5.58. The molecule has 1 saturated heterocycles. The van der Waals surface area contributed by atoms with Crippen LogP contribution in [0.3, 0.4) is 0 Å². The lowest BCUT2D eigenvalue weighted by Gasteiger charge is -2.35. The first kappa shape index (κ1) is 18.4. The Bertz CT molecular complexity index is 912. The lowest BCUT2D eigenvalue weighted by Crippen LogP contribution is -2.46. The molecule has 0 N–H and O–H groups in total. The number of piperazine rings is 1. The van der Waals surface area contributed by atoms with Gasteiger partial charge in [0.05, 0.1) is 0 Å². The highest BCUT2D eigenvalue weighted by atomic mass is 35.5. The van der Waals surface area contributed by atoms with E-state index < -0.39 is 0 Å². The molecule has 2 aromatic carbocycles. The van der Waals surface area contributed by atoms with Crippen LogP contribution in [-0.4, -0.2) is 40.6 Å². The van der Waals surface area contributed by atoms with Crippen LogP contribution in [0, 0.1) is 6.92 Å². The molecule has 4 rings (SSSR count). The average molecular weight is 401 g/mol. The molecular formula is C21H22Cl2N4. The molecule has 1 aromatic heterocycles. The zero-order valence-corrected chi connectivity index (χ0v) is 16.8. The number of aromatic nitrogens is 2. The molecule has 0 unspecified atom stereocenters. The maximum absolute atomic E-state index is 6.32. The van der Waals surface area contributed by atoms with Crippen LogP contribution in [0.1, 0.15) is 11.1 Å². The van der Waals surface area contributed by atoms with Gasteiger partial charge < -0.3 is 4.90 Å². The Balaban J connectivity index is 1.43. The topological polar surface area (TPSA) is 24.3 Å². The SMILES string of the molecule is Cc1ccc(-n2ccnc2N2CCN(Cc3ccc(Cl)cc3Cl)CC2)cc1. The minimum Gasteiger partial charge on any atom is -0.339 e. The van der Waals surface area contributed by atoms with Crippen LogP contribution in [-0.2, 0) is 6.54 Å². The highest BCUT2D eigenvalue weighted by molar-refractivity contribution is 6.35. The predicted molar refractivity (Wildman–Crippen MR) is 112 cm³/mol. The normalized spacial score (nSPS) is 15.3. The molecule has 1 fully saturated rings. The van der Waals surface area contributed by atoms with Crippen LogP contribution < -0.4 is 4.90 Å². The van der Waals surface area contributed by atoms with Gasteiger partial charge in [0, 0.05) is 60.9 Å². The van der Waals surface area contributed by atoms with Crippen molar-refractivity contribution in [1.82, 2.24) is 14.5 Å². The van der Waals surface area contributed by atoms with E-state index in [1.165, 1.54) is 5.56 Å². The molecule has 0 atom stereocenters. The first-order chi connectivity index (χ1) is 13.1. The molecule has 4 nitrogen and oxygen atoms in total. The smallest absolute Gasteiger partial charge is 0.210 e. The second kappa shape index (κ2) is 7.93. The maximum Gasteiger partial charge on any atom is 0.210 e. The molecule has 2 heterocycles. The average Bonchev–Trinajstić information content (AvgIpc) is 3.15. The maximum atomic E-state index is 6.32. The first-order valence-electron chi connectivity index (χ1n) is 9.12. The van der Waals surface area contributed by atoms with E-state index in [4.69, 9.17) is 23.2 Å². The molecule has 0 bridgehead atoms. The van der Waals surface area contributed by atoms with Crippen LogP contribution in [0.25, 0.3) is 5.69 Å². The summed E-state index contributed by atoms with van der Waals surface area (Å²) in [5.41, 5.74) is 3.52. The quantitative estimate of drug-likeness (QED) is 0.627. The summed E-state index contributed by atoms with van der Waals surface area (Å²) in [5.74, 6) is 1.00. The first-order valence-corrected chi connectivity index (χ1v) is 9.87. The Labute approximate surface area is 169 Å². The van der Waals surface area contributed by atoms with Gasteiger partial charge in [-0.1, -0.05) is 47.0 Å². The van der Waals surface area contributed by atoms with Gasteiger partial charge >= 0.3 is 0 Å². The molecule has 0 amide bonds. The molecule has 0 aliphatic carbocycles. The van der Waals surface area contributed by atoms with E-state index in [0.717, 1.165) is 54.9 Å². The van der Waals surface area contributed by atoms with Crippen LogP contribution in [0.4, 0.5) is 5.95 Å². The van der Waals surface area contributed by atoms with E-state index in [2.05, 4.69) is 50.5 Å². The van der Waals surface area contributed by atoms with Crippen LogP contribution in [0.15, 0.2) is 54.9 Å². The predicted octanol–water partition coefficient (Wildman–Crippen LogP) is 4.81. The number of anilines is 1. The number of imidazole rings is 1. The summed E-state index contributed by atoms with van der Waals surface area (Å²) in [7, 11) is 0. The van der Waals surface area contributed by atoms with Crippen molar-refractivity contribution in [1.29, 1.82) is 0 Å². The molecule has 0 radical (unpaired) electrons. The van der Waals surface area contributed by atoms with E-state index in [9.17, 15) is 0 Å². The monoisotopic (exact) mass is 400 g/mol. The lowest BCUT2D eigenvalue weighted by molar-refractivity contribution is 0.248. The van der Waals surface area contributed by atoms with Crippen molar-refractivity contribution in [3.05, 3.63) is 76.0 Å². The fraction of sp³-hybridized carbons (Fsp3) is 0.286. The Hall–Kier alpha value is -2.01. The number of hydrogen-bond donors (Lipinski definition) is 0. The van der Waals surface area contributed by atoms with Crippen LogP contribution >= 0.6 is 23.2 Å². The Morgan fingerprint density at radius 3 is 2.41 bits per heavy atom. The number of nitrogens with zero attached hydrogens (tertiary/aromatic N) is 4. The second-order valence-electron chi connectivity index (χ2n) is 6.93. The highest BCUT2D eigenvalue weighted by Crippen LogP contribution is 2.24. The molecule has 0 saturated carbocycles. The fourth-order valence-electron chi connectivity index (χ4n) is 3.43. The molecule has 3 aromatic rings. The second-order valence-corrected chi connectivity index (χ2v) is 7.78. The number of hydrogen-bond acceptors (Lipinski definition) is 3. The van der Waals surface area contributed by atoms with Gasteiger partial charge in [-0.15, -0.1) is 0 Å². The standard InChI is InChI=1S/C21H22Cl2N4/c1-16-2-6-19(7-3-16)27-9-8-24-21(27)26-12-10-25(11-13-26)15-17-4-5-18(22)14-20(17)23/h2-9,14H,10-13,15H2,1H3. The van der Waals surface area contributed by atoms with Crippen molar-refractivity contribution in [2.75, 3.05) is 31.1 Å². The number of halogens is 2. The van der Waals surface area contributed by atoms with Gasteiger partial charge in [-0.2, -0.15) is 0 Å². The van der Waals surface area contributed by atoms with Gasteiger partial charge in [-0.3, -0.25) is 9.47 Å². The molecule has 140 valence electrons. The summed E-state index contributed by atoms with van der Waals surface area (Å²) in [6, 6.07) is 14.3. The minimum atomic E-state index is 0.677.